The number of nitriles is 2. The predicted molar refractivity (Wildman–Crippen MR) is 355 cm³/mol. The summed E-state index contributed by atoms with van der Waals surface area (Å²) in [6, 6.07) is 36.3. The fraction of sp³-hybridized carbons (Fsp3) is 0.500. The molecule has 0 fully saturated rings. The number of guanidine groups is 1. The number of nitrogens with two attached hydrogens (primary N) is 1. The summed E-state index contributed by atoms with van der Waals surface area (Å²) < 4.78 is 0. The van der Waals surface area contributed by atoms with Crippen LogP contribution < -0.4 is 56.6 Å². The van der Waals surface area contributed by atoms with Crippen LogP contribution in [-0.2, 0) is 25.2 Å². The summed E-state index contributed by atoms with van der Waals surface area (Å²) in [6.07, 6.45) is 3.46. The molecular formula is C66H101BN12NaOPdS-. The smallest absolute Gasteiger partial charge is 0.405 e. The first kappa shape index (κ1) is 89.0. The Morgan fingerprint density at radius 2 is 1.01 bits per heavy atom. The van der Waals surface area contributed by atoms with E-state index in [1.54, 1.807) is 61.6 Å². The third kappa shape index (κ3) is 44.0. The van der Waals surface area contributed by atoms with Gasteiger partial charge in [0.15, 0.2) is 17.6 Å². The molecule has 0 aromatic heterocycles. The minimum atomic E-state index is -0.139. The fourth-order valence-electron chi connectivity index (χ4n) is 4.86. The van der Waals surface area contributed by atoms with E-state index < -0.39 is 0 Å². The average molecular weight is 1250 g/mol. The van der Waals surface area contributed by atoms with Crippen molar-refractivity contribution in [2.75, 3.05) is 10.6 Å². The van der Waals surface area contributed by atoms with Gasteiger partial charge in [0.05, 0.1) is 38.2 Å². The van der Waals surface area contributed by atoms with E-state index in [4.69, 9.17) is 46.6 Å². The molecule has 0 saturated carbocycles. The van der Waals surface area contributed by atoms with E-state index in [0.29, 0.717) is 46.6 Å². The molecular weight excluding hydrogens is 1150 g/mol. The van der Waals surface area contributed by atoms with Gasteiger partial charge < -0.3 is 39.7 Å². The largest absolute Gasteiger partial charge is 1.00 e. The zero-order chi connectivity index (χ0) is 62.7. The molecule has 0 amide bonds. The van der Waals surface area contributed by atoms with Crippen LogP contribution in [0.5, 0.6) is 0 Å². The number of Topliss-reactive ketones (excluding diaryl/α,β-unsaturated/α-hetero) is 1. The first-order chi connectivity index (χ1) is 36.8. The molecule has 6 N–H and O–H groups in total. The second-order valence-electron chi connectivity index (χ2n) is 24.2. The van der Waals surface area contributed by atoms with Crippen molar-refractivity contribution in [1.29, 1.82) is 10.5 Å². The van der Waals surface area contributed by atoms with Gasteiger partial charge in [-0.1, -0.05) is 220 Å². The normalized spacial score (nSPS) is 12.6. The van der Waals surface area contributed by atoms with E-state index in [1.807, 2.05) is 46.9 Å². The number of benzene rings is 4. The van der Waals surface area contributed by atoms with Gasteiger partial charge in [0.25, 0.3) is 0 Å². The van der Waals surface area contributed by atoms with Crippen LogP contribution in [0.1, 0.15) is 176 Å². The molecule has 0 aliphatic carbocycles. The van der Waals surface area contributed by atoms with Gasteiger partial charge >= 0.3 is 29.6 Å². The van der Waals surface area contributed by atoms with Gasteiger partial charge in [0.2, 0.25) is 5.96 Å². The summed E-state index contributed by atoms with van der Waals surface area (Å²) in [6.45, 7) is 61.3. The number of aliphatic imine (C=N–C) groups is 2. The molecule has 4 rings (SSSR count). The third-order valence-corrected chi connectivity index (χ3v) is 12.9. The van der Waals surface area contributed by atoms with Gasteiger partial charge in [0, 0.05) is 61.6 Å². The molecule has 1 unspecified atom stereocenters. The van der Waals surface area contributed by atoms with Crippen LogP contribution in [0.2, 0.25) is 6.82 Å². The van der Waals surface area contributed by atoms with Crippen LogP contribution in [0.4, 0.5) is 22.7 Å². The van der Waals surface area contributed by atoms with Gasteiger partial charge in [-0.05, 0) is 99.1 Å². The number of nitrogens with zero attached hydrogens (tertiary/aromatic N) is 7. The Balaban J connectivity index is -0.000000218. The molecule has 17 heteroatoms. The summed E-state index contributed by atoms with van der Waals surface area (Å²) in [5.74, 6) is 0.651. The van der Waals surface area contributed by atoms with Crippen LogP contribution in [0.3, 0.4) is 0 Å². The topological polar surface area (TPSA) is 186 Å². The number of ketones is 1. The number of hydrogen-bond acceptors (Lipinski definition) is 8. The first-order valence-corrected chi connectivity index (χ1v) is 27.4. The van der Waals surface area contributed by atoms with E-state index in [0.717, 1.165) is 5.69 Å². The van der Waals surface area contributed by atoms with Gasteiger partial charge in [0.1, 0.15) is 5.78 Å². The van der Waals surface area contributed by atoms with Crippen LogP contribution in [0.25, 0.3) is 15.0 Å². The van der Waals surface area contributed by atoms with E-state index in [9.17, 15) is 4.79 Å². The van der Waals surface area contributed by atoms with Gasteiger partial charge in [-0.2, -0.15) is 5.26 Å². The quantitative estimate of drug-likeness (QED) is 0.0218. The van der Waals surface area contributed by atoms with Gasteiger partial charge in [-0.15, -0.1) is 0 Å². The maximum atomic E-state index is 10.5. The Labute approximate surface area is 548 Å². The molecule has 13 nitrogen and oxygen atoms in total. The molecule has 0 heterocycles. The standard InChI is InChI=1S/C15H19N5.C14H23N.C14H21N.C9H6N4S.C6H15N.C6H12O.CH3B.CH3.Na.Pd/c1-11(15(2,3)4)19-14(18-10-16)20-13-8-6-12(17-5)7-9-13;2*1-11(13-9-7-6-8-10-13)15-12(2)14(3,4)5;1-11-7-2-4-8(5-3-7)13-9(14)12-6-10;2*1-5(7)6(2,3)4;1-2;;;/h6-9,11H,1-4H3,(H2,18,19,20);6-12,15H,1-5H3;6-11H,1-5H3;2-5H,(H2,12,13,14);5H,7H2,1-4H3;1-4H3;1H3;1H3;;/q;;;;;;;-1;+1;/p-1/t;11-,12-;11-;;5-;;;;;/m.11.1...../s1. The van der Waals surface area contributed by atoms with Crippen molar-refractivity contribution in [3.8, 4) is 12.4 Å². The van der Waals surface area contributed by atoms with Crippen molar-refractivity contribution in [3.05, 3.63) is 156 Å². The van der Waals surface area contributed by atoms with E-state index in [2.05, 4.69) is 214 Å². The van der Waals surface area contributed by atoms with Gasteiger partial charge in [-0.25, -0.2) is 14.7 Å². The summed E-state index contributed by atoms with van der Waals surface area (Å²) in [5, 5.41) is 32.4. The fourth-order valence-corrected chi connectivity index (χ4v) is 5.02. The molecule has 0 aliphatic rings. The summed E-state index contributed by atoms with van der Waals surface area (Å²) >= 11 is 4.74. The molecule has 0 aliphatic heterocycles. The Morgan fingerprint density at radius 1 is 0.639 bits per heavy atom. The monoisotopic (exact) mass is 1250 g/mol. The van der Waals surface area contributed by atoms with Crippen molar-refractivity contribution < 1.29 is 54.8 Å². The van der Waals surface area contributed by atoms with E-state index in [1.165, 1.54) is 23.7 Å². The first-order valence-electron chi connectivity index (χ1n) is 26.9. The number of nitrogens with one attached hydrogen (secondary N) is 4. The van der Waals surface area contributed by atoms with E-state index >= 15 is 0 Å². The Kier molecular flexibility index (Phi) is 48.5. The average Bonchev–Trinajstić information content (AvgIpc) is 3.37. The van der Waals surface area contributed by atoms with Crippen molar-refractivity contribution in [2.24, 2.45) is 42.8 Å². The molecule has 83 heavy (non-hydrogen) atoms. The summed E-state index contributed by atoms with van der Waals surface area (Å²) in [5.41, 5.74) is 12.7. The van der Waals surface area contributed by atoms with Crippen LogP contribution >= 0.6 is 12.2 Å². The number of thiocarbonyl (C=S) groups is 1. The van der Waals surface area contributed by atoms with Crippen molar-refractivity contribution in [3.63, 3.8) is 0 Å². The number of anilines is 2. The second-order valence-corrected chi connectivity index (χ2v) is 24.6. The SMILES string of the molecule is CC(=N[C@H](C)c1ccccc1)C(C)(C)C.CC(=O)C(C)(C)C.C[C@@H](N)C(C)(C)C.C[C@@H](N[C@H](C)C(C)(C)C)c1ccccc1.[B]C.[C-]#[N+]c1ccc(NC(=NC(C)C(C)(C)C)NC#N)cc1.[C-]#[N+]c1ccc(NC(=S)[N-]C#N)cc1.[CH3-].[Na+].[Pd]. The maximum absolute atomic E-state index is 10.5. The van der Waals surface area contributed by atoms with Crippen molar-refractivity contribution in [1.82, 2.24) is 10.6 Å². The maximum Gasteiger partial charge on any atom is 1.00 e. The zero-order valence-electron chi connectivity index (χ0n) is 55.2. The molecule has 0 saturated heterocycles. The predicted octanol–water partition coefficient (Wildman–Crippen LogP) is 15.0. The van der Waals surface area contributed by atoms with Crippen LogP contribution in [0.15, 0.2) is 119 Å². The number of rotatable bonds is 8. The number of carbonyl (C=O) groups excluding carboxylic acids is 1. The Morgan fingerprint density at radius 3 is 1.31 bits per heavy atom. The minimum absolute atomic E-state index is 0. The molecule has 4 aromatic rings. The van der Waals surface area contributed by atoms with Crippen LogP contribution in [-0.4, -0.2) is 48.5 Å². The van der Waals surface area contributed by atoms with Crippen molar-refractivity contribution in [2.45, 2.75) is 189 Å². The summed E-state index contributed by atoms with van der Waals surface area (Å²) in [7, 11) is 4.50. The Bertz CT molecular complexity index is 2610. The molecule has 4 aromatic carbocycles. The zero-order valence-corrected chi connectivity index (χ0v) is 59.6. The van der Waals surface area contributed by atoms with Gasteiger partial charge in [-0.3, -0.25) is 15.1 Å². The van der Waals surface area contributed by atoms with Crippen LogP contribution in [0, 0.1) is 70.6 Å². The molecule has 0 spiro atoms. The number of carbonyl (C=O) groups is 1. The molecule has 452 valence electrons. The third-order valence-electron chi connectivity index (χ3n) is 12.7. The van der Waals surface area contributed by atoms with Crippen molar-refractivity contribution >= 4 is 65.4 Å². The molecule has 2 radical (unpaired) electrons. The minimum Gasteiger partial charge on any atom is -0.405 e. The van der Waals surface area contributed by atoms with E-state index in [-0.39, 0.29) is 102 Å². The molecule has 5 atom stereocenters. The number of hydrogen-bond donors (Lipinski definition) is 5. The molecule has 0 bridgehead atoms. The Hall–Kier alpha value is -5.21. The summed E-state index contributed by atoms with van der Waals surface area (Å²) in [4.78, 5) is 26.3. The second kappa shape index (κ2) is 45.2.